The number of aromatic nitrogens is 8. The van der Waals surface area contributed by atoms with Crippen LogP contribution >= 0.6 is 11.6 Å². The van der Waals surface area contributed by atoms with Crippen molar-refractivity contribution in [2.45, 2.75) is 78.6 Å². The van der Waals surface area contributed by atoms with Crippen molar-refractivity contribution in [2.24, 2.45) is 0 Å². The van der Waals surface area contributed by atoms with Gasteiger partial charge in [-0.15, -0.1) is 0 Å². The molecule has 2 aliphatic rings. The molecule has 2 aliphatic heterocycles. The Kier molecular flexibility index (Phi) is 11.9. The maximum atomic E-state index is 13.3. The van der Waals surface area contributed by atoms with Crippen LogP contribution in [-0.2, 0) is 9.59 Å². The molecule has 14 nitrogen and oxygen atoms in total. The smallest absolute Gasteiger partial charge is 0.252 e. The largest absolute Gasteiger partial charge is 0.345 e. The number of hydrogen-bond acceptors (Lipinski definition) is 10. The number of nitrogens with one attached hydrogen (secondary N) is 1. The summed E-state index contributed by atoms with van der Waals surface area (Å²) in [6, 6.07) is 12.5. The minimum Gasteiger partial charge on any atom is -0.345 e. The van der Waals surface area contributed by atoms with Crippen LogP contribution in [0, 0.1) is 11.6 Å². The standard InChI is InChI=1S/C21H23FN6O.C12H17ClN4O.C9H7FN2/c1-13(2)28-18-16(26(5)19(29)21(28,3)4)12-24-20(25-18)27-11-10-23-17(27)14-6-8-15(22)9-7-14;1-7(2)17-9-8(6-14-11(13)15-9)16(5)10(18)12(17,3)4;10-8-3-1-7(2-4-8)9-11-5-6-12-9/h6-13H,1-5H3;6-7H,1-5H3;1-6H,(H,11,12). The SMILES string of the molecule is CC(C)N1c2nc(-n3ccnc3-c3ccc(F)cc3)ncc2N(C)C(=O)C1(C)C.CC(C)N1c2nc(Cl)ncc2N(C)C(=O)C1(C)C.Fc1ccc(-c2ncc[nH]2)cc1. The van der Waals surface area contributed by atoms with Crippen molar-refractivity contribution >= 4 is 46.4 Å². The van der Waals surface area contributed by atoms with E-state index in [1.54, 1.807) is 89.9 Å². The molecular weight excluding hydrogens is 778 g/mol. The van der Waals surface area contributed by atoms with E-state index < -0.39 is 11.1 Å². The summed E-state index contributed by atoms with van der Waals surface area (Å²) in [7, 11) is 3.47. The topological polar surface area (TPSA) is 145 Å². The van der Waals surface area contributed by atoms with Crippen LogP contribution in [0.1, 0.15) is 55.4 Å². The zero-order valence-corrected chi connectivity index (χ0v) is 35.4. The molecule has 0 spiro atoms. The molecule has 308 valence electrons. The van der Waals surface area contributed by atoms with Gasteiger partial charge >= 0.3 is 0 Å². The fourth-order valence-corrected chi connectivity index (χ4v) is 7.64. The van der Waals surface area contributed by atoms with E-state index in [-0.39, 0.29) is 40.8 Å². The van der Waals surface area contributed by atoms with Crippen LogP contribution in [0.15, 0.2) is 85.7 Å². The summed E-state index contributed by atoms with van der Waals surface area (Å²) in [5.74, 6) is 2.68. The number of fused-ring (bicyclic) bond motifs is 2. The Morgan fingerprint density at radius 2 is 1.15 bits per heavy atom. The maximum absolute atomic E-state index is 13.3. The molecule has 6 aromatic rings. The van der Waals surface area contributed by atoms with Gasteiger partial charge in [-0.2, -0.15) is 9.97 Å². The summed E-state index contributed by atoms with van der Waals surface area (Å²) >= 11 is 5.87. The van der Waals surface area contributed by atoms with Gasteiger partial charge in [0.1, 0.15) is 45.7 Å². The Morgan fingerprint density at radius 1 is 0.661 bits per heavy atom. The number of likely N-dealkylation sites (N-methyl/N-ethyl adjacent to an activating group) is 2. The molecule has 0 fully saturated rings. The fraction of sp³-hybridized carbons (Fsp3) is 0.333. The highest BCUT2D eigenvalue weighted by Crippen LogP contribution is 2.41. The third-order valence-corrected chi connectivity index (χ3v) is 10.3. The fourth-order valence-electron chi connectivity index (χ4n) is 7.51. The average molecular weight is 825 g/mol. The molecule has 0 saturated heterocycles. The molecule has 0 saturated carbocycles. The molecule has 0 aliphatic carbocycles. The molecule has 0 atom stereocenters. The normalized spacial score (nSPS) is 15.4. The summed E-state index contributed by atoms with van der Waals surface area (Å²) in [6.07, 6.45) is 10.1. The van der Waals surface area contributed by atoms with Crippen LogP contribution in [0.25, 0.3) is 28.7 Å². The summed E-state index contributed by atoms with van der Waals surface area (Å²) in [5.41, 5.74) is 1.62. The lowest BCUT2D eigenvalue weighted by Gasteiger charge is -2.47. The molecule has 0 unspecified atom stereocenters. The van der Waals surface area contributed by atoms with Crippen molar-refractivity contribution in [3.05, 3.63) is 103 Å². The van der Waals surface area contributed by atoms with Crippen LogP contribution in [0.4, 0.5) is 31.8 Å². The summed E-state index contributed by atoms with van der Waals surface area (Å²) in [4.78, 5) is 61.4. The van der Waals surface area contributed by atoms with Gasteiger partial charge in [-0.25, -0.2) is 28.7 Å². The van der Waals surface area contributed by atoms with Crippen molar-refractivity contribution in [1.29, 1.82) is 0 Å². The monoisotopic (exact) mass is 824 g/mol. The Balaban J connectivity index is 0.000000165. The van der Waals surface area contributed by atoms with E-state index in [4.69, 9.17) is 16.6 Å². The lowest BCUT2D eigenvalue weighted by molar-refractivity contribution is -0.123. The van der Waals surface area contributed by atoms with E-state index >= 15 is 0 Å². The molecule has 59 heavy (non-hydrogen) atoms. The van der Waals surface area contributed by atoms with Gasteiger partial charge in [0.25, 0.3) is 11.8 Å². The maximum Gasteiger partial charge on any atom is 0.252 e. The van der Waals surface area contributed by atoms with E-state index in [0.29, 0.717) is 34.8 Å². The Bertz CT molecular complexity index is 2430. The number of hydrogen-bond donors (Lipinski definition) is 1. The number of H-pyrrole nitrogens is 1. The predicted molar refractivity (Wildman–Crippen MR) is 226 cm³/mol. The van der Waals surface area contributed by atoms with Crippen LogP contribution in [0.2, 0.25) is 5.28 Å². The Labute approximate surface area is 346 Å². The quantitative estimate of drug-likeness (QED) is 0.171. The van der Waals surface area contributed by atoms with Gasteiger partial charge in [0.15, 0.2) is 11.6 Å². The van der Waals surface area contributed by atoms with Gasteiger partial charge in [0, 0.05) is 62.1 Å². The van der Waals surface area contributed by atoms with Gasteiger partial charge < -0.3 is 24.6 Å². The molecule has 0 radical (unpaired) electrons. The molecule has 0 bridgehead atoms. The van der Waals surface area contributed by atoms with Crippen LogP contribution in [0.3, 0.4) is 0 Å². The number of aromatic amines is 1. The number of nitrogens with zero attached hydrogens (tertiary/aromatic N) is 11. The van der Waals surface area contributed by atoms with Gasteiger partial charge in [-0.1, -0.05) is 0 Å². The van der Waals surface area contributed by atoms with Gasteiger partial charge in [0.2, 0.25) is 11.2 Å². The molecule has 1 N–H and O–H groups in total. The highest BCUT2D eigenvalue weighted by atomic mass is 35.5. The minimum absolute atomic E-state index is 0.00955. The van der Waals surface area contributed by atoms with Crippen molar-refractivity contribution in [3.63, 3.8) is 0 Å². The summed E-state index contributed by atoms with van der Waals surface area (Å²) in [6.45, 7) is 15.7. The first-order valence-corrected chi connectivity index (χ1v) is 19.3. The zero-order valence-electron chi connectivity index (χ0n) is 34.6. The molecule has 4 aromatic heterocycles. The second-order valence-electron chi connectivity index (χ2n) is 15.6. The second-order valence-corrected chi connectivity index (χ2v) is 15.9. The Morgan fingerprint density at radius 3 is 1.64 bits per heavy atom. The molecular formula is C42H47ClF2N12O2. The third-order valence-electron chi connectivity index (χ3n) is 10.1. The number of carbonyl (C=O) groups is 2. The molecule has 8 rings (SSSR count). The highest BCUT2D eigenvalue weighted by molar-refractivity contribution is 6.28. The van der Waals surface area contributed by atoms with Crippen LogP contribution in [0.5, 0.6) is 0 Å². The number of anilines is 4. The number of benzene rings is 2. The molecule has 2 amide bonds. The number of halogens is 3. The van der Waals surface area contributed by atoms with Crippen LogP contribution < -0.4 is 19.6 Å². The van der Waals surface area contributed by atoms with Crippen molar-refractivity contribution in [2.75, 3.05) is 33.7 Å². The lowest BCUT2D eigenvalue weighted by Crippen LogP contribution is -2.61. The number of carbonyl (C=O) groups excluding carboxylic acids is 2. The van der Waals surface area contributed by atoms with Gasteiger partial charge in [-0.3, -0.25) is 14.2 Å². The molecule has 6 heterocycles. The van der Waals surface area contributed by atoms with Gasteiger partial charge in [0.05, 0.1) is 12.4 Å². The first kappa shape index (κ1) is 42.3. The average Bonchev–Trinajstić information content (AvgIpc) is 3.91. The van der Waals surface area contributed by atoms with Gasteiger partial charge in [-0.05, 0) is 116 Å². The van der Waals surface area contributed by atoms with Crippen molar-refractivity contribution in [1.82, 2.24) is 39.5 Å². The van der Waals surface area contributed by atoms with E-state index in [0.717, 1.165) is 17.0 Å². The van der Waals surface area contributed by atoms with Crippen molar-refractivity contribution < 1.29 is 18.4 Å². The summed E-state index contributed by atoms with van der Waals surface area (Å²) < 4.78 is 27.6. The van der Waals surface area contributed by atoms with E-state index in [1.807, 2.05) is 65.2 Å². The number of amides is 2. The number of imidazole rings is 2. The molecule has 17 heteroatoms. The zero-order chi connectivity index (χ0) is 43.0. The van der Waals surface area contributed by atoms with E-state index in [9.17, 15) is 18.4 Å². The number of rotatable bonds is 5. The summed E-state index contributed by atoms with van der Waals surface area (Å²) in [5, 5.41) is 0.193. The lowest BCUT2D eigenvalue weighted by atomic mass is 9.95. The first-order chi connectivity index (χ1) is 27.8. The van der Waals surface area contributed by atoms with Crippen molar-refractivity contribution in [3.8, 4) is 28.7 Å². The highest BCUT2D eigenvalue weighted by Gasteiger charge is 2.46. The third kappa shape index (κ3) is 8.22. The molecule has 2 aromatic carbocycles. The first-order valence-electron chi connectivity index (χ1n) is 18.9. The van der Waals surface area contributed by atoms with E-state index in [1.165, 1.54) is 24.3 Å². The van der Waals surface area contributed by atoms with Crippen LogP contribution in [-0.4, -0.2) is 88.5 Å². The Hall–Kier alpha value is -6.29. The minimum atomic E-state index is -0.740. The second kappa shape index (κ2) is 16.5. The predicted octanol–water partition coefficient (Wildman–Crippen LogP) is 7.75. The van der Waals surface area contributed by atoms with E-state index in [2.05, 4.69) is 29.9 Å².